The summed E-state index contributed by atoms with van der Waals surface area (Å²) in [5.41, 5.74) is 10.9. The molecule has 436 valence electrons. The highest BCUT2D eigenvalue weighted by molar-refractivity contribution is 6.29. The second-order valence-corrected chi connectivity index (χ2v) is 22.8. The minimum absolute atomic E-state index is 0.121. The third-order valence-electron chi connectivity index (χ3n) is 16.0. The van der Waals surface area contributed by atoms with E-state index in [-0.39, 0.29) is 5.92 Å². The Hall–Kier alpha value is -5.42. The Labute approximate surface area is 487 Å². The Morgan fingerprint density at radius 3 is 0.662 bits per heavy atom. The summed E-state index contributed by atoms with van der Waals surface area (Å²) in [5, 5.41) is 0. The predicted octanol–water partition coefficient (Wildman–Crippen LogP) is 22.7. The fraction of sp³-hybridized carbons (Fsp3) is 0.547. The lowest BCUT2D eigenvalue weighted by Crippen LogP contribution is -2.05. The van der Waals surface area contributed by atoms with E-state index in [2.05, 4.69) is 156 Å². The molecule has 5 nitrogen and oxygen atoms in total. The fourth-order valence-electron chi connectivity index (χ4n) is 11.3. The summed E-state index contributed by atoms with van der Waals surface area (Å²) in [5.74, 6) is 4.46. The Bertz CT molecular complexity index is 2290. The number of benzene rings is 5. The highest BCUT2D eigenvalue weighted by atomic mass is 16.5. The lowest BCUT2D eigenvalue weighted by molar-refractivity contribution is 0.304. The zero-order valence-corrected chi connectivity index (χ0v) is 50.9. The molecular formula is C75H106O5. The Morgan fingerprint density at radius 1 is 0.225 bits per heavy atom. The second kappa shape index (κ2) is 39.1. The van der Waals surface area contributed by atoms with Crippen molar-refractivity contribution in [3.05, 3.63) is 149 Å². The van der Waals surface area contributed by atoms with Crippen molar-refractivity contribution in [3.63, 3.8) is 0 Å². The van der Waals surface area contributed by atoms with Gasteiger partial charge in [-0.2, -0.15) is 0 Å². The lowest BCUT2D eigenvalue weighted by atomic mass is 9.81. The van der Waals surface area contributed by atoms with Crippen LogP contribution < -0.4 is 23.7 Å². The quantitative estimate of drug-likeness (QED) is 0.0364. The van der Waals surface area contributed by atoms with Crippen LogP contribution in [0.15, 0.2) is 121 Å². The standard InChI is InChI=1S/C75H106O5/c1-6-11-16-21-26-31-56-76-66-46-36-61(37-47-66)71-72(62-38-48-67(49-39-62)77-57-32-27-22-17-12-7-2)74(64-42-52-69(53-43-64)79-59-34-29-24-19-14-9-4)75(65-44-54-70(55-45-65)80-60-35-30-25-20-15-10-5)73(71)63-40-50-68(51-41-63)78-58-33-28-23-18-13-8-3/h36-55,71H,6-35,56-60H2,1-5H3. The molecule has 0 aliphatic heterocycles. The monoisotopic (exact) mass is 1090 g/mol. The van der Waals surface area contributed by atoms with Crippen molar-refractivity contribution in [2.24, 2.45) is 0 Å². The summed E-state index contributed by atoms with van der Waals surface area (Å²) in [6, 6.07) is 44.9. The highest BCUT2D eigenvalue weighted by Crippen LogP contribution is 2.59. The van der Waals surface area contributed by atoms with Gasteiger partial charge in [0.1, 0.15) is 28.7 Å². The van der Waals surface area contributed by atoms with E-state index in [4.69, 9.17) is 23.7 Å². The molecule has 5 heteroatoms. The molecule has 0 saturated carbocycles. The molecule has 6 rings (SSSR count). The molecule has 0 amide bonds. The van der Waals surface area contributed by atoms with Crippen molar-refractivity contribution in [1.82, 2.24) is 0 Å². The van der Waals surface area contributed by atoms with E-state index in [1.54, 1.807) is 0 Å². The van der Waals surface area contributed by atoms with E-state index < -0.39 is 0 Å². The van der Waals surface area contributed by atoms with Crippen molar-refractivity contribution >= 4 is 22.3 Å². The summed E-state index contributed by atoms with van der Waals surface area (Å²) >= 11 is 0. The Morgan fingerprint density at radius 2 is 0.425 bits per heavy atom. The van der Waals surface area contributed by atoms with Gasteiger partial charge in [0.15, 0.2) is 0 Å². The average Bonchev–Trinajstić information content (AvgIpc) is 3.91. The van der Waals surface area contributed by atoms with E-state index in [1.807, 2.05) is 0 Å². The van der Waals surface area contributed by atoms with Crippen LogP contribution in [0, 0.1) is 0 Å². The van der Waals surface area contributed by atoms with E-state index >= 15 is 0 Å². The maximum Gasteiger partial charge on any atom is 0.119 e. The number of ether oxygens (including phenoxy) is 5. The van der Waals surface area contributed by atoms with Crippen LogP contribution in [0.3, 0.4) is 0 Å². The lowest BCUT2D eigenvalue weighted by Gasteiger charge is -2.23. The Kier molecular flexibility index (Phi) is 31.2. The van der Waals surface area contributed by atoms with Crippen molar-refractivity contribution < 1.29 is 23.7 Å². The smallest absolute Gasteiger partial charge is 0.119 e. The summed E-state index contributed by atoms with van der Waals surface area (Å²) in [6.45, 7) is 15.0. The molecule has 0 saturated heterocycles. The molecule has 0 spiro atoms. The molecule has 0 unspecified atom stereocenters. The molecule has 5 aromatic rings. The zero-order valence-electron chi connectivity index (χ0n) is 50.9. The molecule has 0 heterocycles. The van der Waals surface area contributed by atoms with Gasteiger partial charge in [0.2, 0.25) is 0 Å². The first kappa shape index (κ1) is 63.8. The Balaban J connectivity index is 1.44. The van der Waals surface area contributed by atoms with E-state index in [0.717, 1.165) is 105 Å². The van der Waals surface area contributed by atoms with E-state index in [9.17, 15) is 0 Å². The van der Waals surface area contributed by atoms with Gasteiger partial charge in [0, 0.05) is 5.92 Å². The molecule has 1 aliphatic carbocycles. The predicted molar refractivity (Wildman–Crippen MR) is 343 cm³/mol. The first-order chi connectivity index (χ1) is 39.6. The SMILES string of the molecule is CCCCCCCCOc1ccc(C2=C(c3ccc(OCCCCCCCC)cc3)C(c3ccc(OCCCCCCCC)cc3)C(c3ccc(OCCCCCCCC)cc3)=C2c2ccc(OCCCCCCCC)cc2)cc1. The molecule has 0 aromatic heterocycles. The van der Waals surface area contributed by atoms with E-state index in [1.165, 1.54) is 200 Å². The second-order valence-electron chi connectivity index (χ2n) is 22.8. The third-order valence-corrected chi connectivity index (χ3v) is 16.0. The molecule has 0 radical (unpaired) electrons. The molecular weight excluding hydrogens is 981 g/mol. The van der Waals surface area contributed by atoms with Gasteiger partial charge >= 0.3 is 0 Å². The number of rotatable bonds is 45. The molecule has 1 aliphatic rings. The molecule has 5 aromatic carbocycles. The van der Waals surface area contributed by atoms with Crippen LogP contribution in [0.1, 0.15) is 261 Å². The first-order valence-electron chi connectivity index (χ1n) is 32.7. The van der Waals surface area contributed by atoms with Gasteiger partial charge in [0.25, 0.3) is 0 Å². The fourth-order valence-corrected chi connectivity index (χ4v) is 11.3. The summed E-state index contributed by atoms with van der Waals surface area (Å²) < 4.78 is 32.2. The number of hydrogen-bond acceptors (Lipinski definition) is 5. The van der Waals surface area contributed by atoms with Gasteiger partial charge < -0.3 is 23.7 Å². The molecule has 0 atom stereocenters. The minimum atomic E-state index is -0.121. The highest BCUT2D eigenvalue weighted by Gasteiger charge is 2.38. The summed E-state index contributed by atoms with van der Waals surface area (Å²) in [7, 11) is 0. The topological polar surface area (TPSA) is 46.2 Å². The minimum Gasteiger partial charge on any atom is -0.494 e. The maximum absolute atomic E-state index is 6.45. The van der Waals surface area contributed by atoms with Crippen LogP contribution in [0.4, 0.5) is 0 Å². The van der Waals surface area contributed by atoms with Gasteiger partial charge in [-0.3, -0.25) is 0 Å². The molecule has 80 heavy (non-hydrogen) atoms. The zero-order chi connectivity index (χ0) is 56.1. The third kappa shape index (κ3) is 22.1. The van der Waals surface area contributed by atoms with Crippen LogP contribution in [0.25, 0.3) is 22.3 Å². The number of allylic oxidation sites excluding steroid dienone is 4. The van der Waals surface area contributed by atoms with Crippen LogP contribution in [0.5, 0.6) is 28.7 Å². The van der Waals surface area contributed by atoms with Gasteiger partial charge in [-0.1, -0.05) is 256 Å². The van der Waals surface area contributed by atoms with Gasteiger partial charge in [0.05, 0.1) is 33.0 Å². The van der Waals surface area contributed by atoms with Crippen molar-refractivity contribution in [2.75, 3.05) is 33.0 Å². The summed E-state index contributed by atoms with van der Waals surface area (Å²) in [6.07, 6.45) is 37.2. The summed E-state index contributed by atoms with van der Waals surface area (Å²) in [4.78, 5) is 0. The van der Waals surface area contributed by atoms with Crippen molar-refractivity contribution in [1.29, 1.82) is 0 Å². The van der Waals surface area contributed by atoms with Crippen LogP contribution >= 0.6 is 0 Å². The van der Waals surface area contributed by atoms with Crippen LogP contribution in [-0.2, 0) is 0 Å². The van der Waals surface area contributed by atoms with Crippen molar-refractivity contribution in [3.8, 4) is 28.7 Å². The number of hydrogen-bond donors (Lipinski definition) is 0. The largest absolute Gasteiger partial charge is 0.494 e. The normalized spacial score (nSPS) is 12.7. The van der Waals surface area contributed by atoms with Gasteiger partial charge in [-0.05, 0) is 143 Å². The molecule has 0 bridgehead atoms. The maximum atomic E-state index is 6.45. The van der Waals surface area contributed by atoms with Gasteiger partial charge in [-0.15, -0.1) is 0 Å². The molecule has 0 N–H and O–H groups in total. The van der Waals surface area contributed by atoms with Crippen LogP contribution in [-0.4, -0.2) is 33.0 Å². The first-order valence-corrected chi connectivity index (χ1v) is 32.7. The van der Waals surface area contributed by atoms with Crippen LogP contribution in [0.2, 0.25) is 0 Å². The average molecular weight is 1090 g/mol. The van der Waals surface area contributed by atoms with Crippen molar-refractivity contribution in [2.45, 2.75) is 233 Å². The number of unbranched alkanes of at least 4 members (excludes halogenated alkanes) is 25. The van der Waals surface area contributed by atoms with Gasteiger partial charge in [-0.25, -0.2) is 0 Å². The van der Waals surface area contributed by atoms with E-state index in [0.29, 0.717) is 0 Å². The molecule has 0 fully saturated rings.